The van der Waals surface area contributed by atoms with Crippen LogP contribution < -0.4 is 4.74 Å². The van der Waals surface area contributed by atoms with E-state index in [0.717, 1.165) is 18.4 Å². The third kappa shape index (κ3) is 2.39. The van der Waals surface area contributed by atoms with Crippen molar-refractivity contribution in [2.75, 3.05) is 14.2 Å². The Labute approximate surface area is 106 Å². The first-order valence-corrected chi connectivity index (χ1v) is 5.90. The second-order valence-corrected chi connectivity index (χ2v) is 4.82. The molecule has 0 saturated heterocycles. The lowest BCUT2D eigenvalue weighted by Crippen LogP contribution is -2.19. The summed E-state index contributed by atoms with van der Waals surface area (Å²) in [6, 6.07) is 5.61. The number of rotatable bonds is 4. The van der Waals surface area contributed by atoms with Gasteiger partial charge < -0.3 is 9.47 Å². The summed E-state index contributed by atoms with van der Waals surface area (Å²) in [5.74, 6) is 0.530. The maximum Gasteiger partial charge on any atom is 0.312 e. The number of methoxy groups -OCH3 is 2. The van der Waals surface area contributed by atoms with E-state index in [-0.39, 0.29) is 11.4 Å². The van der Waals surface area contributed by atoms with E-state index >= 15 is 0 Å². The van der Waals surface area contributed by atoms with Gasteiger partial charge in [-0.05, 0) is 37.0 Å². The Balaban J connectivity index is 2.14. The van der Waals surface area contributed by atoms with Gasteiger partial charge in [0.25, 0.3) is 0 Å². The number of carbonyl (C=O) groups excluding carboxylic acids is 1. The average Bonchev–Trinajstić information content (AvgIpc) is 3.09. The Morgan fingerprint density at radius 3 is 2.59 bits per heavy atom. The molecule has 4 heteroatoms. The van der Waals surface area contributed by atoms with E-state index in [4.69, 9.17) is 21.1 Å². The van der Waals surface area contributed by atoms with Crippen molar-refractivity contribution in [3.63, 3.8) is 0 Å². The zero-order valence-corrected chi connectivity index (χ0v) is 10.7. The molecule has 0 aliphatic heterocycles. The number of benzene rings is 1. The van der Waals surface area contributed by atoms with Crippen molar-refractivity contribution in [3.8, 4) is 5.75 Å². The first-order chi connectivity index (χ1) is 8.11. The van der Waals surface area contributed by atoms with Crippen LogP contribution in [0, 0.1) is 5.41 Å². The van der Waals surface area contributed by atoms with Crippen LogP contribution in [0.4, 0.5) is 0 Å². The van der Waals surface area contributed by atoms with Crippen LogP contribution in [0.5, 0.6) is 5.75 Å². The molecule has 0 N–H and O–H groups in total. The summed E-state index contributed by atoms with van der Waals surface area (Å²) in [7, 11) is 3.02. The van der Waals surface area contributed by atoms with Crippen LogP contribution in [-0.4, -0.2) is 20.2 Å². The summed E-state index contributed by atoms with van der Waals surface area (Å²) < 4.78 is 9.92. The van der Waals surface area contributed by atoms with Gasteiger partial charge in [-0.15, -0.1) is 0 Å². The van der Waals surface area contributed by atoms with E-state index in [1.165, 1.54) is 7.11 Å². The molecular formula is C13H15ClO3. The summed E-state index contributed by atoms with van der Waals surface area (Å²) in [6.45, 7) is 0. The molecule has 1 aliphatic carbocycles. The fourth-order valence-corrected chi connectivity index (χ4v) is 2.31. The molecule has 1 fully saturated rings. The Hall–Kier alpha value is -1.22. The normalized spacial score (nSPS) is 16.4. The van der Waals surface area contributed by atoms with Crippen LogP contribution in [0.2, 0.25) is 5.02 Å². The molecule has 0 unspecified atom stereocenters. The highest BCUT2D eigenvalue weighted by Crippen LogP contribution is 2.49. The SMILES string of the molecule is COC(=O)C1(Cc2ccc(OC)c(Cl)c2)CC1. The molecule has 1 aliphatic rings. The summed E-state index contributed by atoms with van der Waals surface area (Å²) in [5, 5.41) is 0.575. The van der Waals surface area contributed by atoms with Gasteiger partial charge in [-0.25, -0.2) is 0 Å². The molecule has 0 spiro atoms. The molecule has 0 amide bonds. The zero-order valence-electron chi connectivity index (χ0n) is 9.96. The van der Waals surface area contributed by atoms with Crippen molar-refractivity contribution in [1.82, 2.24) is 0 Å². The molecule has 1 saturated carbocycles. The van der Waals surface area contributed by atoms with Gasteiger partial charge in [-0.3, -0.25) is 4.79 Å². The maximum absolute atomic E-state index is 11.6. The molecule has 0 bridgehead atoms. The van der Waals surface area contributed by atoms with Crippen molar-refractivity contribution >= 4 is 17.6 Å². The van der Waals surface area contributed by atoms with E-state index in [9.17, 15) is 4.79 Å². The second-order valence-electron chi connectivity index (χ2n) is 4.42. The lowest BCUT2D eigenvalue weighted by molar-refractivity contribution is -0.147. The summed E-state index contributed by atoms with van der Waals surface area (Å²) in [6.07, 6.45) is 2.47. The summed E-state index contributed by atoms with van der Waals surface area (Å²) in [4.78, 5) is 11.6. The monoisotopic (exact) mass is 254 g/mol. The number of carbonyl (C=O) groups is 1. The minimum absolute atomic E-state index is 0.121. The van der Waals surface area contributed by atoms with Gasteiger partial charge in [0.15, 0.2) is 0 Å². The van der Waals surface area contributed by atoms with Gasteiger partial charge in [0.1, 0.15) is 5.75 Å². The van der Waals surface area contributed by atoms with E-state index < -0.39 is 0 Å². The summed E-state index contributed by atoms with van der Waals surface area (Å²) >= 11 is 6.05. The topological polar surface area (TPSA) is 35.5 Å². The number of halogens is 1. The van der Waals surface area contributed by atoms with Crippen LogP contribution in [0.1, 0.15) is 18.4 Å². The first-order valence-electron chi connectivity index (χ1n) is 5.52. The molecule has 92 valence electrons. The highest BCUT2D eigenvalue weighted by atomic mass is 35.5. The largest absolute Gasteiger partial charge is 0.495 e. The van der Waals surface area contributed by atoms with Crippen molar-refractivity contribution in [1.29, 1.82) is 0 Å². The van der Waals surface area contributed by atoms with Gasteiger partial charge in [-0.2, -0.15) is 0 Å². The van der Waals surface area contributed by atoms with Crippen LogP contribution in [0.15, 0.2) is 18.2 Å². The molecule has 0 aromatic heterocycles. The Morgan fingerprint density at radius 1 is 1.41 bits per heavy atom. The van der Waals surface area contributed by atoms with Crippen LogP contribution >= 0.6 is 11.6 Å². The predicted molar refractivity (Wildman–Crippen MR) is 65.4 cm³/mol. The number of ether oxygens (including phenoxy) is 2. The van der Waals surface area contributed by atoms with E-state index in [2.05, 4.69) is 0 Å². The lowest BCUT2D eigenvalue weighted by Gasteiger charge is -2.13. The molecule has 0 atom stereocenters. The number of hydrogen-bond acceptors (Lipinski definition) is 3. The number of hydrogen-bond donors (Lipinski definition) is 0. The molecule has 2 rings (SSSR count). The minimum Gasteiger partial charge on any atom is -0.495 e. The van der Waals surface area contributed by atoms with Crippen molar-refractivity contribution in [2.24, 2.45) is 5.41 Å². The van der Waals surface area contributed by atoms with Crippen molar-refractivity contribution in [2.45, 2.75) is 19.3 Å². The van der Waals surface area contributed by atoms with E-state index in [1.807, 2.05) is 18.2 Å². The van der Waals surface area contributed by atoms with Gasteiger partial charge in [0, 0.05) is 0 Å². The highest BCUT2D eigenvalue weighted by Gasteiger charge is 2.50. The van der Waals surface area contributed by atoms with E-state index in [0.29, 0.717) is 17.2 Å². The van der Waals surface area contributed by atoms with Gasteiger partial charge in [0.05, 0.1) is 24.7 Å². The van der Waals surface area contributed by atoms with Crippen LogP contribution in [0.3, 0.4) is 0 Å². The average molecular weight is 255 g/mol. The maximum atomic E-state index is 11.6. The Bertz CT molecular complexity index is 438. The number of esters is 1. The Kier molecular flexibility index (Phi) is 3.29. The minimum atomic E-state index is -0.313. The van der Waals surface area contributed by atoms with Gasteiger partial charge >= 0.3 is 5.97 Å². The molecule has 3 nitrogen and oxygen atoms in total. The van der Waals surface area contributed by atoms with Crippen LogP contribution in [-0.2, 0) is 16.0 Å². The van der Waals surface area contributed by atoms with Gasteiger partial charge in [-0.1, -0.05) is 17.7 Å². The van der Waals surface area contributed by atoms with Crippen molar-refractivity contribution in [3.05, 3.63) is 28.8 Å². The zero-order chi connectivity index (χ0) is 12.5. The fourth-order valence-electron chi connectivity index (χ4n) is 2.03. The predicted octanol–water partition coefficient (Wildman–Crippen LogP) is 2.84. The highest BCUT2D eigenvalue weighted by molar-refractivity contribution is 6.32. The van der Waals surface area contributed by atoms with Crippen molar-refractivity contribution < 1.29 is 14.3 Å². The molecule has 0 radical (unpaired) electrons. The molecule has 0 heterocycles. The smallest absolute Gasteiger partial charge is 0.312 e. The lowest BCUT2D eigenvalue weighted by atomic mass is 9.96. The quantitative estimate of drug-likeness (QED) is 0.775. The molecule has 1 aromatic rings. The van der Waals surface area contributed by atoms with Gasteiger partial charge in [0.2, 0.25) is 0 Å². The molecule has 1 aromatic carbocycles. The third-order valence-corrected chi connectivity index (χ3v) is 3.53. The first kappa shape index (κ1) is 12.2. The molecule has 17 heavy (non-hydrogen) atoms. The third-order valence-electron chi connectivity index (χ3n) is 3.23. The summed E-state index contributed by atoms with van der Waals surface area (Å²) in [5.41, 5.74) is 0.728. The molecular weight excluding hydrogens is 240 g/mol. The van der Waals surface area contributed by atoms with E-state index in [1.54, 1.807) is 7.11 Å². The van der Waals surface area contributed by atoms with Crippen LogP contribution in [0.25, 0.3) is 0 Å². The second kappa shape index (κ2) is 4.57. The Morgan fingerprint density at radius 2 is 2.12 bits per heavy atom. The fraction of sp³-hybridized carbons (Fsp3) is 0.462. The standard InChI is InChI=1S/C13H15ClO3/c1-16-11-4-3-9(7-10(11)14)8-13(5-6-13)12(15)17-2/h3-4,7H,5-6,8H2,1-2H3.